The second-order valence-electron chi connectivity index (χ2n) is 12.0. The number of benzene rings is 3. The summed E-state index contributed by atoms with van der Waals surface area (Å²) in [5.41, 5.74) is 2.14. The molecule has 4 aliphatic rings. The van der Waals surface area contributed by atoms with E-state index in [-0.39, 0.29) is 17.5 Å². The molecule has 1 spiro atoms. The molecule has 2 bridgehead atoms. The Kier molecular flexibility index (Phi) is 6.06. The summed E-state index contributed by atoms with van der Waals surface area (Å²) in [4.78, 5) is 2.43. The van der Waals surface area contributed by atoms with E-state index in [1.807, 2.05) is 42.5 Å². The van der Waals surface area contributed by atoms with E-state index in [4.69, 9.17) is 4.74 Å². The minimum atomic E-state index is -3.66. The zero-order valence-electron chi connectivity index (χ0n) is 22.7. The fraction of sp³-hybridized carbons (Fsp3) is 0.438. The predicted molar refractivity (Wildman–Crippen MR) is 153 cm³/mol. The highest BCUT2D eigenvalue weighted by molar-refractivity contribution is 7.88. The first-order valence-electron chi connectivity index (χ1n) is 14.3. The molecular formula is C32H36N2O5S. The Morgan fingerprint density at radius 2 is 1.70 bits per heavy atom. The van der Waals surface area contributed by atoms with E-state index in [0.29, 0.717) is 31.4 Å². The van der Waals surface area contributed by atoms with Crippen molar-refractivity contribution < 1.29 is 23.4 Å². The van der Waals surface area contributed by atoms with E-state index in [2.05, 4.69) is 29.2 Å². The fourth-order valence-corrected chi connectivity index (χ4v) is 9.70. The van der Waals surface area contributed by atoms with Crippen LogP contribution in [0.1, 0.15) is 41.5 Å². The minimum absolute atomic E-state index is 0.0587. The van der Waals surface area contributed by atoms with Gasteiger partial charge < -0.3 is 14.9 Å². The smallest absolute Gasteiger partial charge is 0.218 e. The number of sulfonamides is 1. The monoisotopic (exact) mass is 560 g/mol. The molecule has 2 N–H and O–H groups in total. The van der Waals surface area contributed by atoms with Crippen LogP contribution < -0.4 is 4.74 Å². The molecular weight excluding hydrogens is 524 g/mol. The summed E-state index contributed by atoms with van der Waals surface area (Å²) in [6.07, 6.45) is 2.61. The average molecular weight is 561 g/mol. The van der Waals surface area contributed by atoms with Gasteiger partial charge in [0.15, 0.2) is 11.5 Å². The average Bonchev–Trinajstić information content (AvgIpc) is 3.30. The van der Waals surface area contributed by atoms with Crippen molar-refractivity contribution >= 4 is 10.0 Å². The molecule has 40 heavy (non-hydrogen) atoms. The molecule has 2 aliphatic heterocycles. The van der Waals surface area contributed by atoms with Crippen LogP contribution in [0.2, 0.25) is 0 Å². The van der Waals surface area contributed by atoms with Crippen molar-refractivity contribution in [1.82, 2.24) is 9.21 Å². The number of hydrogen-bond donors (Lipinski definition) is 2. The lowest BCUT2D eigenvalue weighted by atomic mass is 9.48. The van der Waals surface area contributed by atoms with Gasteiger partial charge in [0.05, 0.1) is 22.8 Å². The van der Waals surface area contributed by atoms with Crippen molar-refractivity contribution in [3.63, 3.8) is 0 Å². The SMILES string of the molecule is CN([C@@H]1CC[C@@]2(O)[C@H]3Cc4ccc(O)c5c4[C@@]2(CCN3CCc2ccccc2)[C@H]1O5)S(=O)(=O)Cc1ccccc1. The van der Waals surface area contributed by atoms with E-state index >= 15 is 0 Å². The van der Waals surface area contributed by atoms with Crippen LogP contribution in [0.25, 0.3) is 0 Å². The molecule has 3 aromatic carbocycles. The van der Waals surface area contributed by atoms with E-state index in [1.165, 1.54) is 9.87 Å². The second kappa shape index (κ2) is 9.31. The first-order valence-corrected chi connectivity index (χ1v) is 15.9. The maximum atomic E-state index is 13.7. The first-order chi connectivity index (χ1) is 19.2. The van der Waals surface area contributed by atoms with E-state index < -0.39 is 33.2 Å². The molecule has 0 aromatic heterocycles. The quantitative estimate of drug-likeness (QED) is 0.459. The largest absolute Gasteiger partial charge is 0.504 e. The number of phenolic OH excluding ortho intramolecular Hbond substituents is 1. The van der Waals surface area contributed by atoms with Crippen molar-refractivity contribution in [2.45, 2.75) is 67.1 Å². The Labute approximate surface area is 236 Å². The molecule has 2 aliphatic carbocycles. The summed E-state index contributed by atoms with van der Waals surface area (Å²) >= 11 is 0. The lowest BCUT2D eigenvalue weighted by molar-refractivity contribution is -0.195. The predicted octanol–water partition coefficient (Wildman–Crippen LogP) is 3.62. The molecule has 8 heteroatoms. The number of nitrogens with zero attached hydrogens (tertiary/aromatic N) is 2. The second-order valence-corrected chi connectivity index (χ2v) is 14.0. The van der Waals surface area contributed by atoms with Crippen LogP contribution in [0.15, 0.2) is 72.8 Å². The molecule has 0 amide bonds. The molecule has 5 atom stereocenters. The van der Waals surface area contributed by atoms with Crippen LogP contribution in [0.3, 0.4) is 0 Å². The molecule has 1 saturated carbocycles. The van der Waals surface area contributed by atoms with Crippen LogP contribution in [-0.2, 0) is 34.0 Å². The van der Waals surface area contributed by atoms with Crippen LogP contribution in [0.5, 0.6) is 11.5 Å². The highest BCUT2D eigenvalue weighted by Gasteiger charge is 2.73. The van der Waals surface area contributed by atoms with Crippen molar-refractivity contribution in [2.24, 2.45) is 0 Å². The van der Waals surface area contributed by atoms with Gasteiger partial charge in [-0.2, -0.15) is 4.31 Å². The lowest BCUT2D eigenvalue weighted by Crippen LogP contribution is -2.78. The standard InChI is InChI=1S/C32H36N2O5S/c1-33(40(37,38)21-23-10-6-3-7-11-23)25-14-16-32(36)27-20-24-12-13-26(35)29-28(24)31(32,30(25)39-29)17-19-34(27)18-15-22-8-4-2-5-9-22/h2-13,25,27,30,35-36H,14-21H2,1H3/t25-,27-,30+,31+,32-/m1/s1. The Balaban J connectivity index is 1.25. The number of piperidine rings is 1. The number of phenols is 1. The van der Waals surface area contributed by atoms with Crippen LogP contribution in [0.4, 0.5) is 0 Å². The van der Waals surface area contributed by atoms with Crippen LogP contribution in [0, 0.1) is 0 Å². The summed E-state index contributed by atoms with van der Waals surface area (Å²) in [7, 11) is -2.01. The molecule has 1 saturated heterocycles. The van der Waals surface area contributed by atoms with Gasteiger partial charge in [-0.3, -0.25) is 4.90 Å². The molecule has 210 valence electrons. The number of hydrogen-bond acceptors (Lipinski definition) is 6. The van der Waals surface area contributed by atoms with Gasteiger partial charge in [-0.05, 0) is 61.4 Å². The first kappa shape index (κ1) is 26.0. The van der Waals surface area contributed by atoms with Gasteiger partial charge in [0.2, 0.25) is 10.0 Å². The number of aliphatic hydroxyl groups is 1. The number of aromatic hydroxyl groups is 1. The molecule has 3 aromatic rings. The fourth-order valence-electron chi connectivity index (χ4n) is 8.26. The molecule has 7 nitrogen and oxygen atoms in total. The van der Waals surface area contributed by atoms with Gasteiger partial charge >= 0.3 is 0 Å². The molecule has 2 heterocycles. The Bertz CT molecular complexity index is 1530. The van der Waals surface area contributed by atoms with Gasteiger partial charge in [0.25, 0.3) is 0 Å². The summed E-state index contributed by atoms with van der Waals surface area (Å²) in [6.45, 7) is 1.62. The van der Waals surface area contributed by atoms with Crippen molar-refractivity contribution in [1.29, 1.82) is 0 Å². The van der Waals surface area contributed by atoms with Crippen molar-refractivity contribution in [3.8, 4) is 11.5 Å². The number of ether oxygens (including phenoxy) is 1. The van der Waals surface area contributed by atoms with Gasteiger partial charge in [-0.25, -0.2) is 8.42 Å². The lowest BCUT2D eigenvalue weighted by Gasteiger charge is -2.64. The maximum Gasteiger partial charge on any atom is 0.218 e. The Morgan fingerprint density at radius 1 is 1.00 bits per heavy atom. The van der Waals surface area contributed by atoms with Crippen LogP contribution in [-0.4, -0.2) is 71.8 Å². The van der Waals surface area contributed by atoms with Gasteiger partial charge in [0.1, 0.15) is 6.10 Å². The number of rotatable bonds is 7. The van der Waals surface area contributed by atoms with Crippen LogP contribution >= 0.6 is 0 Å². The molecule has 0 unspecified atom stereocenters. The number of likely N-dealkylation sites (tertiary alicyclic amines) is 1. The maximum absolute atomic E-state index is 13.7. The molecule has 0 radical (unpaired) electrons. The van der Waals surface area contributed by atoms with Crippen molar-refractivity contribution in [2.75, 3.05) is 20.1 Å². The topological polar surface area (TPSA) is 90.3 Å². The number of likely N-dealkylation sites (N-methyl/N-ethyl adjacent to an activating group) is 1. The zero-order valence-corrected chi connectivity index (χ0v) is 23.6. The summed E-state index contributed by atoms with van der Waals surface area (Å²) in [6, 6.07) is 22.7. The molecule has 7 rings (SSSR count). The van der Waals surface area contributed by atoms with Gasteiger partial charge in [-0.1, -0.05) is 66.7 Å². The van der Waals surface area contributed by atoms with E-state index in [0.717, 1.165) is 36.2 Å². The zero-order chi connectivity index (χ0) is 27.7. The highest BCUT2D eigenvalue weighted by Crippen LogP contribution is 2.65. The van der Waals surface area contributed by atoms with E-state index in [9.17, 15) is 18.6 Å². The summed E-state index contributed by atoms with van der Waals surface area (Å²) in [5, 5.41) is 23.6. The Morgan fingerprint density at radius 3 is 2.42 bits per heavy atom. The Hall–Kier alpha value is -2.91. The highest BCUT2D eigenvalue weighted by atomic mass is 32.2. The minimum Gasteiger partial charge on any atom is -0.504 e. The van der Waals surface area contributed by atoms with E-state index in [1.54, 1.807) is 13.1 Å². The normalized spacial score (nSPS) is 30.6. The third kappa shape index (κ3) is 3.69. The van der Waals surface area contributed by atoms with Crippen molar-refractivity contribution in [3.05, 3.63) is 95.1 Å². The van der Waals surface area contributed by atoms with Gasteiger partial charge in [-0.15, -0.1) is 0 Å². The summed E-state index contributed by atoms with van der Waals surface area (Å²) < 4.78 is 35.4. The third-order valence-corrected chi connectivity index (χ3v) is 12.0. The van der Waals surface area contributed by atoms with Gasteiger partial charge in [0, 0.05) is 25.2 Å². The molecule has 2 fully saturated rings. The summed E-state index contributed by atoms with van der Waals surface area (Å²) in [5.74, 6) is 0.394. The third-order valence-electron chi connectivity index (χ3n) is 10.2.